The molecule has 0 heterocycles. The van der Waals surface area contributed by atoms with Crippen molar-refractivity contribution < 1.29 is 27.4 Å². The summed E-state index contributed by atoms with van der Waals surface area (Å²) in [7, 11) is 1.13. The van der Waals surface area contributed by atoms with E-state index in [1.807, 2.05) is 0 Å². The highest BCUT2D eigenvalue weighted by Gasteiger charge is 2.32. The molecule has 0 bridgehead atoms. The third kappa shape index (κ3) is 3.81. The van der Waals surface area contributed by atoms with Crippen molar-refractivity contribution in [1.29, 1.82) is 5.26 Å². The zero-order valence-corrected chi connectivity index (χ0v) is 11.4. The first-order valence-corrected chi connectivity index (χ1v) is 6.19. The number of nitriles is 1. The summed E-state index contributed by atoms with van der Waals surface area (Å²) >= 11 is -0.413. The lowest BCUT2D eigenvalue weighted by molar-refractivity contribution is -0.0328. The van der Waals surface area contributed by atoms with Gasteiger partial charge < -0.3 is 9.47 Å². The summed E-state index contributed by atoms with van der Waals surface area (Å²) in [4.78, 5) is 11.3. The van der Waals surface area contributed by atoms with Crippen LogP contribution in [0.3, 0.4) is 0 Å². The Morgan fingerprint density at radius 3 is 2.55 bits per heavy atom. The van der Waals surface area contributed by atoms with Crippen LogP contribution in [0.1, 0.15) is 22.8 Å². The molecule has 0 unspecified atom stereocenters. The zero-order valence-electron chi connectivity index (χ0n) is 10.6. The van der Waals surface area contributed by atoms with Crippen molar-refractivity contribution in [2.24, 2.45) is 0 Å². The second-order valence-electron chi connectivity index (χ2n) is 3.40. The Labute approximate surface area is 117 Å². The number of ether oxygens (including phenoxy) is 2. The molecule has 0 amide bonds. The number of thioether (sulfide) groups is 1. The second-order valence-corrected chi connectivity index (χ2v) is 4.51. The first kappa shape index (κ1) is 16.2. The molecule has 0 atom stereocenters. The molecule has 1 rings (SSSR count). The van der Waals surface area contributed by atoms with E-state index in [0.29, 0.717) is 0 Å². The van der Waals surface area contributed by atoms with Crippen LogP contribution in [0.15, 0.2) is 17.0 Å². The largest absolute Gasteiger partial charge is 0.494 e. The van der Waals surface area contributed by atoms with Crippen molar-refractivity contribution in [2.75, 3.05) is 13.7 Å². The molecule has 0 fully saturated rings. The zero-order chi connectivity index (χ0) is 15.3. The van der Waals surface area contributed by atoms with Gasteiger partial charge in [0.2, 0.25) is 0 Å². The minimum atomic E-state index is -4.52. The number of hydrogen-bond donors (Lipinski definition) is 0. The lowest BCUT2D eigenvalue weighted by Crippen LogP contribution is -2.09. The molecule has 0 aliphatic carbocycles. The van der Waals surface area contributed by atoms with Crippen LogP contribution in [0.4, 0.5) is 13.2 Å². The fourth-order valence-corrected chi connectivity index (χ4v) is 2.12. The highest BCUT2D eigenvalue weighted by molar-refractivity contribution is 8.00. The monoisotopic (exact) mass is 305 g/mol. The van der Waals surface area contributed by atoms with Crippen molar-refractivity contribution in [3.05, 3.63) is 23.3 Å². The van der Waals surface area contributed by atoms with E-state index in [-0.39, 0.29) is 28.4 Å². The number of nitrogens with zero attached hydrogens (tertiary/aromatic N) is 1. The van der Waals surface area contributed by atoms with E-state index in [4.69, 9.17) is 14.7 Å². The number of hydrogen-bond acceptors (Lipinski definition) is 5. The molecule has 0 aromatic heterocycles. The van der Waals surface area contributed by atoms with Gasteiger partial charge in [-0.05, 0) is 30.8 Å². The SMILES string of the molecule is CCOC(=O)c1ccc(SC(F)(F)F)c(OC)c1C#N. The molecule has 0 saturated carbocycles. The molecule has 0 spiro atoms. The number of methoxy groups -OCH3 is 1. The molecule has 0 N–H and O–H groups in total. The number of esters is 1. The Bertz CT molecular complexity index is 552. The fourth-order valence-electron chi connectivity index (χ4n) is 1.46. The van der Waals surface area contributed by atoms with Gasteiger partial charge in [0, 0.05) is 0 Å². The molecule has 1 aromatic rings. The number of carbonyl (C=O) groups excluding carboxylic acids is 1. The van der Waals surface area contributed by atoms with E-state index in [1.54, 1.807) is 13.0 Å². The molecular formula is C12H10F3NO3S. The highest BCUT2D eigenvalue weighted by Crippen LogP contribution is 2.43. The van der Waals surface area contributed by atoms with Crippen LogP contribution < -0.4 is 4.74 Å². The molecule has 0 radical (unpaired) electrons. The molecule has 0 aliphatic heterocycles. The average molecular weight is 305 g/mol. The first-order valence-electron chi connectivity index (χ1n) is 5.38. The topological polar surface area (TPSA) is 59.3 Å². The minimum Gasteiger partial charge on any atom is -0.494 e. The van der Waals surface area contributed by atoms with Gasteiger partial charge in [-0.3, -0.25) is 0 Å². The second kappa shape index (κ2) is 6.52. The molecule has 4 nitrogen and oxygen atoms in total. The Balaban J connectivity index is 3.34. The third-order valence-corrected chi connectivity index (χ3v) is 2.93. The van der Waals surface area contributed by atoms with Gasteiger partial charge in [-0.2, -0.15) is 18.4 Å². The van der Waals surface area contributed by atoms with E-state index in [2.05, 4.69) is 0 Å². The molecule has 108 valence electrons. The van der Waals surface area contributed by atoms with Gasteiger partial charge in [-0.1, -0.05) is 0 Å². The minimum absolute atomic E-state index is 0.0884. The van der Waals surface area contributed by atoms with Crippen molar-refractivity contribution in [2.45, 2.75) is 17.3 Å². The summed E-state index contributed by atoms with van der Waals surface area (Å²) in [6, 6.07) is 3.87. The van der Waals surface area contributed by atoms with E-state index < -0.39 is 23.2 Å². The maximum Gasteiger partial charge on any atom is 0.446 e. The van der Waals surface area contributed by atoms with E-state index in [9.17, 15) is 18.0 Å². The number of benzene rings is 1. The van der Waals surface area contributed by atoms with E-state index in [1.165, 1.54) is 0 Å². The predicted octanol–water partition coefficient (Wildman–Crippen LogP) is 3.36. The van der Waals surface area contributed by atoms with Crippen LogP contribution in [0.5, 0.6) is 5.75 Å². The standard InChI is InChI=1S/C12H10F3NO3S/c1-3-19-11(17)7-4-5-9(20-12(13,14)15)10(18-2)8(7)6-16/h4-5H,3H2,1-2H3. The maximum atomic E-state index is 12.4. The predicted molar refractivity (Wildman–Crippen MR) is 65.6 cm³/mol. The van der Waals surface area contributed by atoms with Crippen LogP contribution in [0.2, 0.25) is 0 Å². The van der Waals surface area contributed by atoms with Gasteiger partial charge in [-0.25, -0.2) is 4.79 Å². The van der Waals surface area contributed by atoms with Crippen LogP contribution in [0, 0.1) is 11.3 Å². The number of halogens is 3. The summed E-state index contributed by atoms with van der Waals surface area (Å²) < 4.78 is 46.8. The lowest BCUT2D eigenvalue weighted by atomic mass is 10.1. The van der Waals surface area contributed by atoms with Crippen molar-refractivity contribution in [3.8, 4) is 11.8 Å². The van der Waals surface area contributed by atoms with Crippen LogP contribution in [-0.2, 0) is 4.74 Å². The molecule has 0 saturated heterocycles. The van der Waals surface area contributed by atoms with Gasteiger partial charge in [0.1, 0.15) is 11.6 Å². The molecule has 0 aliphatic rings. The molecular weight excluding hydrogens is 295 g/mol. The van der Waals surface area contributed by atoms with Gasteiger partial charge in [0.25, 0.3) is 0 Å². The molecule has 8 heteroatoms. The van der Waals surface area contributed by atoms with Crippen LogP contribution in [0.25, 0.3) is 0 Å². The fraction of sp³-hybridized carbons (Fsp3) is 0.333. The van der Waals surface area contributed by atoms with Gasteiger partial charge in [0.15, 0.2) is 5.75 Å². The Kier molecular flexibility index (Phi) is 5.27. The van der Waals surface area contributed by atoms with Gasteiger partial charge >= 0.3 is 11.5 Å². The highest BCUT2D eigenvalue weighted by atomic mass is 32.2. The van der Waals surface area contributed by atoms with Gasteiger partial charge in [0.05, 0.1) is 24.2 Å². The van der Waals surface area contributed by atoms with Crippen molar-refractivity contribution in [1.82, 2.24) is 0 Å². The molecule has 20 heavy (non-hydrogen) atoms. The summed E-state index contributed by atoms with van der Waals surface area (Å²) in [5, 5.41) is 9.04. The van der Waals surface area contributed by atoms with Gasteiger partial charge in [-0.15, -0.1) is 0 Å². The Hall–Kier alpha value is -1.88. The molecule has 1 aromatic carbocycles. The smallest absolute Gasteiger partial charge is 0.446 e. The van der Waals surface area contributed by atoms with E-state index in [0.717, 1.165) is 19.2 Å². The summed E-state index contributed by atoms with van der Waals surface area (Å²) in [5.74, 6) is -1.08. The number of alkyl halides is 3. The van der Waals surface area contributed by atoms with E-state index >= 15 is 0 Å². The average Bonchev–Trinajstić information content (AvgIpc) is 2.36. The summed E-state index contributed by atoms with van der Waals surface area (Å²) in [6.07, 6.45) is 0. The summed E-state index contributed by atoms with van der Waals surface area (Å²) in [5.41, 5.74) is -4.93. The first-order chi connectivity index (χ1) is 9.34. The quantitative estimate of drug-likeness (QED) is 0.630. The van der Waals surface area contributed by atoms with Crippen LogP contribution >= 0.6 is 11.8 Å². The Morgan fingerprint density at radius 2 is 2.10 bits per heavy atom. The maximum absolute atomic E-state index is 12.4. The summed E-state index contributed by atoms with van der Waals surface area (Å²) in [6.45, 7) is 1.67. The number of rotatable bonds is 4. The van der Waals surface area contributed by atoms with Crippen molar-refractivity contribution >= 4 is 17.7 Å². The van der Waals surface area contributed by atoms with Crippen LogP contribution in [-0.4, -0.2) is 25.2 Å². The lowest BCUT2D eigenvalue weighted by Gasteiger charge is -2.13. The normalized spacial score (nSPS) is 10.8. The Morgan fingerprint density at radius 1 is 1.45 bits per heavy atom. The third-order valence-electron chi connectivity index (χ3n) is 2.16. The van der Waals surface area contributed by atoms with Crippen molar-refractivity contribution in [3.63, 3.8) is 0 Å². The number of carbonyl (C=O) groups is 1.